The minimum absolute atomic E-state index is 0.267. The Morgan fingerprint density at radius 3 is 2.69 bits per heavy atom. The van der Waals surface area contributed by atoms with E-state index >= 15 is 0 Å². The second-order valence-corrected chi connectivity index (χ2v) is 6.05. The third-order valence-corrected chi connectivity index (χ3v) is 3.86. The molecule has 96 valence electrons. The summed E-state index contributed by atoms with van der Waals surface area (Å²) in [6.45, 7) is 9.46. The smallest absolute Gasteiger partial charge is 0.0773 e. The predicted octanol–water partition coefficient (Wildman–Crippen LogP) is 3.38. The van der Waals surface area contributed by atoms with Crippen LogP contribution < -0.4 is 0 Å². The van der Waals surface area contributed by atoms with E-state index in [4.69, 9.17) is 4.74 Å². The van der Waals surface area contributed by atoms with Crippen LogP contribution in [0.2, 0.25) is 0 Å². The topological polar surface area (TPSA) is 29.5 Å². The van der Waals surface area contributed by atoms with Crippen molar-refractivity contribution in [1.29, 1.82) is 0 Å². The number of ether oxygens (including phenoxy) is 1. The fourth-order valence-electron chi connectivity index (χ4n) is 2.96. The Labute approximate surface area is 100 Å². The van der Waals surface area contributed by atoms with E-state index in [1.54, 1.807) is 0 Å². The van der Waals surface area contributed by atoms with Crippen LogP contribution in [0, 0.1) is 11.3 Å². The lowest BCUT2D eigenvalue weighted by Gasteiger charge is -2.42. The summed E-state index contributed by atoms with van der Waals surface area (Å²) in [6, 6.07) is 0. The van der Waals surface area contributed by atoms with Gasteiger partial charge in [0.2, 0.25) is 0 Å². The summed E-state index contributed by atoms with van der Waals surface area (Å²) in [5.74, 6) is 0.623. The zero-order valence-electron chi connectivity index (χ0n) is 11.3. The third-order valence-electron chi connectivity index (χ3n) is 3.86. The van der Waals surface area contributed by atoms with Crippen molar-refractivity contribution in [2.75, 3.05) is 6.61 Å². The van der Waals surface area contributed by atoms with E-state index in [1.807, 2.05) is 0 Å². The standard InChI is InChI=1S/C14H28O2/c1-5-7-12(15)10-16-13-11(2)8-6-9-14(13,3)4/h11-13,15H,5-10H2,1-4H3/t11-,12+,13+/m0/s1. The molecular weight excluding hydrogens is 200 g/mol. The summed E-state index contributed by atoms with van der Waals surface area (Å²) in [7, 11) is 0. The molecule has 0 aromatic rings. The van der Waals surface area contributed by atoms with Gasteiger partial charge < -0.3 is 9.84 Å². The van der Waals surface area contributed by atoms with E-state index in [0.29, 0.717) is 18.6 Å². The zero-order valence-corrected chi connectivity index (χ0v) is 11.3. The Hall–Kier alpha value is -0.0800. The molecule has 2 heteroatoms. The molecule has 0 aliphatic heterocycles. The first-order valence-corrected chi connectivity index (χ1v) is 6.77. The minimum atomic E-state index is -0.282. The molecule has 3 atom stereocenters. The van der Waals surface area contributed by atoms with Crippen LogP contribution in [0.3, 0.4) is 0 Å². The van der Waals surface area contributed by atoms with Gasteiger partial charge in [-0.2, -0.15) is 0 Å². The van der Waals surface area contributed by atoms with Crippen LogP contribution in [-0.4, -0.2) is 23.9 Å². The van der Waals surface area contributed by atoms with Crippen LogP contribution in [-0.2, 0) is 4.74 Å². The van der Waals surface area contributed by atoms with E-state index in [-0.39, 0.29) is 11.5 Å². The van der Waals surface area contributed by atoms with Gasteiger partial charge in [-0.3, -0.25) is 0 Å². The van der Waals surface area contributed by atoms with E-state index in [0.717, 1.165) is 12.8 Å². The fourth-order valence-corrected chi connectivity index (χ4v) is 2.96. The van der Waals surface area contributed by atoms with Gasteiger partial charge in [-0.05, 0) is 30.6 Å². The molecule has 16 heavy (non-hydrogen) atoms. The first-order chi connectivity index (χ1) is 7.47. The zero-order chi connectivity index (χ0) is 12.2. The minimum Gasteiger partial charge on any atom is -0.391 e. The number of hydrogen-bond acceptors (Lipinski definition) is 2. The molecule has 0 spiro atoms. The highest BCUT2D eigenvalue weighted by atomic mass is 16.5. The first kappa shape index (κ1) is 14.0. The molecular formula is C14H28O2. The van der Waals surface area contributed by atoms with Crippen LogP contribution in [0.25, 0.3) is 0 Å². The number of rotatable bonds is 5. The van der Waals surface area contributed by atoms with E-state index in [9.17, 15) is 5.11 Å². The van der Waals surface area contributed by atoms with Gasteiger partial charge >= 0.3 is 0 Å². The number of aliphatic hydroxyl groups is 1. The quantitative estimate of drug-likeness (QED) is 0.781. The van der Waals surface area contributed by atoms with Crippen molar-refractivity contribution in [1.82, 2.24) is 0 Å². The second-order valence-electron chi connectivity index (χ2n) is 6.05. The molecule has 0 aromatic heterocycles. The Bertz CT molecular complexity index is 201. The molecule has 0 heterocycles. The van der Waals surface area contributed by atoms with Crippen molar-refractivity contribution in [3.05, 3.63) is 0 Å². The molecule has 1 aliphatic rings. The van der Waals surface area contributed by atoms with Gasteiger partial charge in [0.05, 0.1) is 18.8 Å². The molecule has 1 N–H and O–H groups in total. The van der Waals surface area contributed by atoms with Gasteiger partial charge in [0.15, 0.2) is 0 Å². The maximum absolute atomic E-state index is 9.71. The van der Waals surface area contributed by atoms with Crippen molar-refractivity contribution in [3.8, 4) is 0 Å². The van der Waals surface area contributed by atoms with Gasteiger partial charge in [0, 0.05) is 0 Å². The Morgan fingerprint density at radius 1 is 1.44 bits per heavy atom. The maximum Gasteiger partial charge on any atom is 0.0773 e. The highest BCUT2D eigenvalue weighted by molar-refractivity contribution is 4.87. The van der Waals surface area contributed by atoms with Crippen LogP contribution in [0.15, 0.2) is 0 Å². The Morgan fingerprint density at radius 2 is 2.12 bits per heavy atom. The van der Waals surface area contributed by atoms with Crippen LogP contribution in [0.5, 0.6) is 0 Å². The van der Waals surface area contributed by atoms with E-state index in [2.05, 4.69) is 27.7 Å². The predicted molar refractivity (Wildman–Crippen MR) is 67.5 cm³/mol. The van der Waals surface area contributed by atoms with Crippen LogP contribution in [0.4, 0.5) is 0 Å². The summed E-state index contributed by atoms with van der Waals surface area (Å²) in [5.41, 5.74) is 0.267. The summed E-state index contributed by atoms with van der Waals surface area (Å²) in [6.07, 6.45) is 5.72. The summed E-state index contributed by atoms with van der Waals surface area (Å²) in [4.78, 5) is 0. The van der Waals surface area contributed by atoms with Crippen molar-refractivity contribution >= 4 is 0 Å². The second kappa shape index (κ2) is 6.02. The van der Waals surface area contributed by atoms with Crippen molar-refractivity contribution < 1.29 is 9.84 Å². The fraction of sp³-hybridized carbons (Fsp3) is 1.00. The molecule has 1 rings (SSSR count). The SMILES string of the molecule is CCC[C@@H](O)CO[C@@H]1[C@@H](C)CCCC1(C)C. The highest BCUT2D eigenvalue weighted by Crippen LogP contribution is 2.40. The average molecular weight is 228 g/mol. The van der Waals surface area contributed by atoms with Gasteiger partial charge in [-0.1, -0.05) is 40.5 Å². The normalized spacial score (nSPS) is 31.3. The van der Waals surface area contributed by atoms with Crippen molar-refractivity contribution in [2.45, 2.75) is 72.0 Å². The lowest BCUT2D eigenvalue weighted by Crippen LogP contribution is -2.42. The Balaban J connectivity index is 2.43. The number of aliphatic hydroxyl groups excluding tert-OH is 1. The van der Waals surface area contributed by atoms with Gasteiger partial charge in [0.25, 0.3) is 0 Å². The van der Waals surface area contributed by atoms with Crippen LogP contribution in [0.1, 0.15) is 59.8 Å². The molecule has 0 amide bonds. The Kier molecular flexibility index (Phi) is 5.26. The molecule has 0 bridgehead atoms. The largest absolute Gasteiger partial charge is 0.391 e. The maximum atomic E-state index is 9.71. The molecule has 1 aliphatic carbocycles. The summed E-state index contributed by atoms with van der Waals surface area (Å²) in [5, 5.41) is 9.71. The molecule has 0 aromatic carbocycles. The van der Waals surface area contributed by atoms with E-state index in [1.165, 1.54) is 19.3 Å². The highest BCUT2D eigenvalue weighted by Gasteiger charge is 2.37. The van der Waals surface area contributed by atoms with Crippen LogP contribution >= 0.6 is 0 Å². The van der Waals surface area contributed by atoms with Crippen molar-refractivity contribution in [3.63, 3.8) is 0 Å². The van der Waals surface area contributed by atoms with E-state index < -0.39 is 0 Å². The molecule has 0 radical (unpaired) electrons. The summed E-state index contributed by atoms with van der Waals surface area (Å²) >= 11 is 0. The van der Waals surface area contributed by atoms with Gasteiger partial charge in [-0.25, -0.2) is 0 Å². The molecule has 1 fully saturated rings. The van der Waals surface area contributed by atoms with Gasteiger partial charge in [0.1, 0.15) is 0 Å². The molecule has 1 saturated carbocycles. The molecule has 0 saturated heterocycles. The van der Waals surface area contributed by atoms with Gasteiger partial charge in [-0.15, -0.1) is 0 Å². The lowest BCUT2D eigenvalue weighted by molar-refractivity contribution is -0.104. The lowest BCUT2D eigenvalue weighted by atomic mass is 9.70. The molecule has 2 nitrogen and oxygen atoms in total. The number of hydrogen-bond donors (Lipinski definition) is 1. The summed E-state index contributed by atoms with van der Waals surface area (Å²) < 4.78 is 5.97. The van der Waals surface area contributed by atoms with Crippen molar-refractivity contribution in [2.24, 2.45) is 11.3 Å². The monoisotopic (exact) mass is 228 g/mol. The third kappa shape index (κ3) is 3.74. The first-order valence-electron chi connectivity index (χ1n) is 6.77. The molecule has 0 unspecified atom stereocenters. The average Bonchev–Trinajstić information content (AvgIpc) is 2.16.